The molecular weight excluding hydrogens is 402 g/mol. The van der Waals surface area contributed by atoms with E-state index in [4.69, 9.17) is 5.41 Å². The molecule has 4 rings (SSSR count). The Labute approximate surface area is 185 Å². The van der Waals surface area contributed by atoms with Crippen molar-refractivity contribution in [3.63, 3.8) is 0 Å². The summed E-state index contributed by atoms with van der Waals surface area (Å²) >= 11 is 0. The number of pyridine rings is 2. The van der Waals surface area contributed by atoms with Crippen molar-refractivity contribution in [2.45, 2.75) is 39.7 Å². The highest BCUT2D eigenvalue weighted by molar-refractivity contribution is 5.96. The minimum atomic E-state index is -0.344. The topological polar surface area (TPSA) is 92.2 Å². The number of hydrogen-bond donors (Lipinski definition) is 2. The minimum absolute atomic E-state index is 0.0400. The number of hydrogen-bond acceptors (Lipinski definition) is 4. The molecule has 0 saturated heterocycles. The fourth-order valence-electron chi connectivity index (χ4n) is 3.76. The molecule has 2 N–H and O–H groups in total. The first kappa shape index (κ1) is 21.5. The molecule has 4 aromatic rings. The molecule has 0 radical (unpaired) electrons. The fraction of sp³-hybridized carbons (Fsp3) is 0.280. The van der Waals surface area contributed by atoms with E-state index in [-0.39, 0.29) is 22.5 Å². The number of rotatable bonds is 7. The SMILES string of the molecule is CCCCCNC(=O)c1cc2c(=O)n3ccccc3nc2n(Cc2ccc(C)cc2)c1=N. The predicted molar refractivity (Wildman–Crippen MR) is 125 cm³/mol. The quantitative estimate of drug-likeness (QED) is 0.348. The van der Waals surface area contributed by atoms with E-state index in [9.17, 15) is 9.59 Å². The fourth-order valence-corrected chi connectivity index (χ4v) is 3.76. The Bertz CT molecular complexity index is 1400. The molecule has 0 saturated carbocycles. The van der Waals surface area contributed by atoms with E-state index >= 15 is 0 Å². The van der Waals surface area contributed by atoms with Crippen LogP contribution >= 0.6 is 0 Å². The Hall–Kier alpha value is -3.74. The molecule has 1 aromatic carbocycles. The van der Waals surface area contributed by atoms with Gasteiger partial charge in [0.25, 0.3) is 11.5 Å². The summed E-state index contributed by atoms with van der Waals surface area (Å²) in [5.41, 5.74) is 2.95. The van der Waals surface area contributed by atoms with Crippen molar-refractivity contribution in [3.05, 3.63) is 87.3 Å². The second-order valence-corrected chi connectivity index (χ2v) is 8.02. The van der Waals surface area contributed by atoms with Crippen LogP contribution in [0.2, 0.25) is 0 Å². The summed E-state index contributed by atoms with van der Waals surface area (Å²) in [5, 5.41) is 12.0. The van der Waals surface area contributed by atoms with E-state index in [1.807, 2.05) is 37.3 Å². The van der Waals surface area contributed by atoms with Gasteiger partial charge in [-0.25, -0.2) is 4.98 Å². The van der Waals surface area contributed by atoms with Crippen LogP contribution in [-0.4, -0.2) is 26.4 Å². The normalized spacial score (nSPS) is 11.2. The average Bonchev–Trinajstić information content (AvgIpc) is 2.80. The Balaban J connectivity index is 1.90. The van der Waals surface area contributed by atoms with Gasteiger partial charge >= 0.3 is 0 Å². The van der Waals surface area contributed by atoms with Gasteiger partial charge in [0.05, 0.1) is 17.5 Å². The summed E-state index contributed by atoms with van der Waals surface area (Å²) in [4.78, 5) is 30.8. The van der Waals surface area contributed by atoms with Crippen LogP contribution < -0.4 is 16.4 Å². The van der Waals surface area contributed by atoms with Gasteiger partial charge in [0, 0.05) is 12.7 Å². The molecule has 32 heavy (non-hydrogen) atoms. The second-order valence-electron chi connectivity index (χ2n) is 8.02. The van der Waals surface area contributed by atoms with E-state index in [1.165, 1.54) is 10.5 Å². The molecule has 3 aromatic heterocycles. The number of aromatic nitrogens is 3. The zero-order valence-electron chi connectivity index (χ0n) is 18.4. The van der Waals surface area contributed by atoms with Crippen molar-refractivity contribution in [2.75, 3.05) is 6.54 Å². The van der Waals surface area contributed by atoms with Crippen LogP contribution in [0.1, 0.15) is 47.7 Å². The second kappa shape index (κ2) is 9.18. The van der Waals surface area contributed by atoms with Gasteiger partial charge in [-0.3, -0.25) is 19.4 Å². The first-order valence-electron chi connectivity index (χ1n) is 10.9. The van der Waals surface area contributed by atoms with Crippen molar-refractivity contribution in [1.29, 1.82) is 5.41 Å². The number of fused-ring (bicyclic) bond motifs is 2. The molecule has 0 atom stereocenters. The zero-order valence-corrected chi connectivity index (χ0v) is 18.4. The lowest BCUT2D eigenvalue weighted by molar-refractivity contribution is 0.0950. The lowest BCUT2D eigenvalue weighted by Crippen LogP contribution is -2.35. The third-order valence-electron chi connectivity index (χ3n) is 5.59. The van der Waals surface area contributed by atoms with Crippen LogP contribution in [0.25, 0.3) is 16.7 Å². The van der Waals surface area contributed by atoms with Gasteiger partial charge < -0.3 is 9.88 Å². The number of carbonyl (C=O) groups is 1. The van der Waals surface area contributed by atoms with Crippen molar-refractivity contribution in [1.82, 2.24) is 19.3 Å². The van der Waals surface area contributed by atoms with E-state index in [0.29, 0.717) is 29.8 Å². The Kier molecular flexibility index (Phi) is 6.16. The molecule has 0 bridgehead atoms. The van der Waals surface area contributed by atoms with Crippen molar-refractivity contribution >= 4 is 22.6 Å². The number of unbranched alkanes of at least 4 members (excludes halogenated alkanes) is 2. The van der Waals surface area contributed by atoms with E-state index in [2.05, 4.69) is 17.2 Å². The maximum atomic E-state index is 13.2. The van der Waals surface area contributed by atoms with Crippen LogP contribution in [0.15, 0.2) is 59.5 Å². The summed E-state index contributed by atoms with van der Waals surface area (Å²) in [5.74, 6) is -0.344. The van der Waals surface area contributed by atoms with Crippen LogP contribution in [0.3, 0.4) is 0 Å². The number of nitrogens with one attached hydrogen (secondary N) is 2. The molecule has 164 valence electrons. The van der Waals surface area contributed by atoms with Crippen molar-refractivity contribution in [2.24, 2.45) is 0 Å². The molecule has 7 nitrogen and oxygen atoms in total. The van der Waals surface area contributed by atoms with Crippen LogP contribution in [-0.2, 0) is 6.54 Å². The largest absolute Gasteiger partial charge is 0.352 e. The summed E-state index contributed by atoms with van der Waals surface area (Å²) in [7, 11) is 0. The molecular formula is C25H27N5O2. The Morgan fingerprint density at radius 3 is 2.66 bits per heavy atom. The third-order valence-corrected chi connectivity index (χ3v) is 5.59. The highest BCUT2D eigenvalue weighted by atomic mass is 16.1. The first-order valence-corrected chi connectivity index (χ1v) is 10.9. The van der Waals surface area contributed by atoms with Gasteiger partial charge in [-0.05, 0) is 37.1 Å². The van der Waals surface area contributed by atoms with Crippen LogP contribution in [0, 0.1) is 12.3 Å². The molecule has 0 aliphatic carbocycles. The monoisotopic (exact) mass is 429 g/mol. The van der Waals surface area contributed by atoms with E-state index < -0.39 is 0 Å². The average molecular weight is 430 g/mol. The van der Waals surface area contributed by atoms with Crippen molar-refractivity contribution in [3.8, 4) is 0 Å². The van der Waals surface area contributed by atoms with Gasteiger partial charge in [0.2, 0.25) is 0 Å². The molecule has 0 unspecified atom stereocenters. The number of aryl methyl sites for hydroxylation is 1. The first-order chi connectivity index (χ1) is 15.5. The number of carbonyl (C=O) groups excluding carboxylic acids is 1. The molecule has 0 aliphatic rings. The van der Waals surface area contributed by atoms with E-state index in [1.54, 1.807) is 22.9 Å². The summed E-state index contributed by atoms with van der Waals surface area (Å²) in [6, 6.07) is 14.8. The van der Waals surface area contributed by atoms with Crippen LogP contribution in [0.4, 0.5) is 0 Å². The summed E-state index contributed by atoms with van der Waals surface area (Å²) in [6.45, 7) is 4.99. The number of benzene rings is 1. The standard InChI is InChI=1S/C25H27N5O2/c1-3-4-6-13-27-24(31)19-15-20-23(28-21-8-5-7-14-29(21)25(20)32)30(22(19)26)16-18-11-9-17(2)10-12-18/h5,7-12,14-15,26H,3-4,6,13,16H2,1-2H3,(H,27,31). The van der Waals surface area contributed by atoms with Gasteiger partial charge in [0.15, 0.2) is 0 Å². The van der Waals surface area contributed by atoms with Gasteiger partial charge in [-0.1, -0.05) is 55.7 Å². The van der Waals surface area contributed by atoms with E-state index in [0.717, 1.165) is 30.4 Å². The number of amides is 1. The lowest BCUT2D eigenvalue weighted by atomic mass is 10.1. The minimum Gasteiger partial charge on any atom is -0.352 e. The lowest BCUT2D eigenvalue weighted by Gasteiger charge is -2.15. The van der Waals surface area contributed by atoms with Gasteiger partial charge in [-0.15, -0.1) is 0 Å². The zero-order chi connectivity index (χ0) is 22.7. The molecule has 1 amide bonds. The summed E-state index contributed by atoms with van der Waals surface area (Å²) in [6.07, 6.45) is 4.62. The van der Waals surface area contributed by atoms with Gasteiger partial charge in [0.1, 0.15) is 16.8 Å². The van der Waals surface area contributed by atoms with Gasteiger partial charge in [-0.2, -0.15) is 0 Å². The molecule has 0 spiro atoms. The molecule has 3 heterocycles. The van der Waals surface area contributed by atoms with Crippen molar-refractivity contribution < 1.29 is 4.79 Å². The molecule has 0 fully saturated rings. The Morgan fingerprint density at radius 2 is 1.91 bits per heavy atom. The number of nitrogens with zero attached hydrogens (tertiary/aromatic N) is 3. The predicted octanol–water partition coefficient (Wildman–Crippen LogP) is 3.41. The Morgan fingerprint density at radius 1 is 1.12 bits per heavy atom. The highest BCUT2D eigenvalue weighted by Gasteiger charge is 2.17. The third kappa shape index (κ3) is 4.19. The summed E-state index contributed by atoms with van der Waals surface area (Å²) < 4.78 is 3.11. The molecule has 7 heteroatoms. The smallest absolute Gasteiger partial charge is 0.267 e. The maximum absolute atomic E-state index is 13.2. The van der Waals surface area contributed by atoms with Crippen LogP contribution in [0.5, 0.6) is 0 Å². The highest BCUT2D eigenvalue weighted by Crippen LogP contribution is 2.13. The molecule has 0 aliphatic heterocycles. The maximum Gasteiger partial charge on any atom is 0.267 e.